The number of amides is 1. The van der Waals surface area contributed by atoms with Crippen LogP contribution >= 0.6 is 0 Å². The van der Waals surface area contributed by atoms with Crippen molar-refractivity contribution in [2.75, 3.05) is 0 Å². The minimum atomic E-state index is -4.35. The van der Waals surface area contributed by atoms with Gasteiger partial charge in [0.2, 0.25) is 5.91 Å². The number of rotatable bonds is 2. The largest absolute Gasteiger partial charge is 0.416 e. The molecule has 1 amide bonds. The van der Waals surface area contributed by atoms with E-state index in [1.807, 2.05) is 0 Å². The molecule has 0 heterocycles. The molecular formula is C13H14F3NO. The molecule has 1 aromatic rings. The monoisotopic (exact) mass is 257 g/mol. The normalized spacial score (nSPS) is 18.0. The van der Waals surface area contributed by atoms with Crippen LogP contribution in [0.15, 0.2) is 24.3 Å². The van der Waals surface area contributed by atoms with Crippen LogP contribution in [0.2, 0.25) is 0 Å². The topological polar surface area (TPSA) is 29.1 Å². The van der Waals surface area contributed by atoms with Crippen molar-refractivity contribution in [3.8, 4) is 0 Å². The molecule has 0 unspecified atom stereocenters. The number of hydrogen-bond acceptors (Lipinski definition) is 1. The molecular weight excluding hydrogens is 243 g/mol. The zero-order chi connectivity index (χ0) is 13.4. The molecule has 0 saturated heterocycles. The van der Waals surface area contributed by atoms with Crippen molar-refractivity contribution >= 4 is 5.91 Å². The van der Waals surface area contributed by atoms with Crippen molar-refractivity contribution in [2.45, 2.75) is 37.9 Å². The summed E-state index contributed by atoms with van der Waals surface area (Å²) in [7, 11) is 0. The number of halogens is 3. The second kappa shape index (κ2) is 4.30. The van der Waals surface area contributed by atoms with Gasteiger partial charge in [0.15, 0.2) is 0 Å². The minimum absolute atomic E-state index is 0.216. The van der Waals surface area contributed by atoms with Crippen molar-refractivity contribution < 1.29 is 18.0 Å². The van der Waals surface area contributed by atoms with Gasteiger partial charge in [0.25, 0.3) is 0 Å². The maximum atomic E-state index is 12.7. The maximum Gasteiger partial charge on any atom is 0.416 e. The van der Waals surface area contributed by atoms with Gasteiger partial charge in [-0.05, 0) is 37.0 Å². The summed E-state index contributed by atoms with van der Waals surface area (Å²) in [6.07, 6.45) is -2.06. The quantitative estimate of drug-likeness (QED) is 0.866. The Bertz CT molecular complexity index is 464. The summed E-state index contributed by atoms with van der Waals surface area (Å²) in [5, 5.41) is 2.78. The third-order valence-corrected chi connectivity index (χ3v) is 3.36. The van der Waals surface area contributed by atoms with Gasteiger partial charge in [0, 0.05) is 6.92 Å². The first-order chi connectivity index (χ1) is 8.33. The van der Waals surface area contributed by atoms with Crippen LogP contribution in [0.25, 0.3) is 0 Å². The lowest BCUT2D eigenvalue weighted by atomic mass is 9.71. The fourth-order valence-corrected chi connectivity index (χ4v) is 2.35. The molecule has 0 aromatic heterocycles. The van der Waals surface area contributed by atoms with Crippen LogP contribution in [-0.4, -0.2) is 5.91 Å². The molecule has 0 atom stereocenters. The number of hydrogen-bond donors (Lipinski definition) is 1. The van der Waals surface area contributed by atoms with E-state index in [1.165, 1.54) is 13.0 Å². The van der Waals surface area contributed by atoms with E-state index < -0.39 is 17.3 Å². The highest BCUT2D eigenvalue weighted by molar-refractivity contribution is 5.74. The molecule has 1 aliphatic carbocycles. The Kier molecular flexibility index (Phi) is 3.09. The molecule has 2 rings (SSSR count). The fourth-order valence-electron chi connectivity index (χ4n) is 2.35. The van der Waals surface area contributed by atoms with Crippen molar-refractivity contribution in [1.82, 2.24) is 5.32 Å². The van der Waals surface area contributed by atoms with E-state index in [0.29, 0.717) is 18.4 Å². The Morgan fingerprint density at radius 3 is 2.44 bits per heavy atom. The van der Waals surface area contributed by atoms with Gasteiger partial charge in [-0.15, -0.1) is 0 Å². The molecule has 18 heavy (non-hydrogen) atoms. The molecule has 1 saturated carbocycles. The highest BCUT2D eigenvalue weighted by atomic mass is 19.4. The molecule has 1 aromatic carbocycles. The fraction of sp³-hybridized carbons (Fsp3) is 0.462. The standard InChI is InChI=1S/C13H14F3NO/c1-9(18)17-12(6-3-7-12)10-4-2-5-11(8-10)13(14,15)16/h2,4-5,8H,3,6-7H2,1H3,(H,17,18). The molecule has 0 aliphatic heterocycles. The van der Waals surface area contributed by atoms with Gasteiger partial charge in [-0.2, -0.15) is 13.2 Å². The highest BCUT2D eigenvalue weighted by Gasteiger charge is 2.40. The van der Waals surface area contributed by atoms with Crippen LogP contribution in [0.4, 0.5) is 13.2 Å². The van der Waals surface area contributed by atoms with Crippen LogP contribution in [0, 0.1) is 0 Å². The third kappa shape index (κ3) is 2.35. The van der Waals surface area contributed by atoms with E-state index >= 15 is 0 Å². The van der Waals surface area contributed by atoms with Gasteiger partial charge in [-0.3, -0.25) is 4.79 Å². The number of carbonyl (C=O) groups excluding carboxylic acids is 1. The molecule has 1 aliphatic rings. The van der Waals surface area contributed by atoms with Crippen LogP contribution in [0.3, 0.4) is 0 Å². The molecule has 1 N–H and O–H groups in total. The zero-order valence-electron chi connectivity index (χ0n) is 9.97. The van der Waals surface area contributed by atoms with E-state index in [9.17, 15) is 18.0 Å². The van der Waals surface area contributed by atoms with Crippen LogP contribution in [-0.2, 0) is 16.5 Å². The molecule has 0 bridgehead atoms. The zero-order valence-corrected chi connectivity index (χ0v) is 9.97. The highest BCUT2D eigenvalue weighted by Crippen LogP contribution is 2.42. The maximum absolute atomic E-state index is 12.7. The molecule has 98 valence electrons. The van der Waals surface area contributed by atoms with Gasteiger partial charge >= 0.3 is 6.18 Å². The number of alkyl halides is 3. The predicted molar refractivity (Wildman–Crippen MR) is 60.8 cm³/mol. The van der Waals surface area contributed by atoms with Crippen molar-refractivity contribution in [1.29, 1.82) is 0 Å². The first kappa shape index (κ1) is 12.9. The first-order valence-electron chi connectivity index (χ1n) is 5.80. The Morgan fingerprint density at radius 1 is 1.33 bits per heavy atom. The smallest absolute Gasteiger partial charge is 0.347 e. The SMILES string of the molecule is CC(=O)NC1(c2cccc(C(F)(F)F)c2)CCC1. The Balaban J connectivity index is 2.35. The first-order valence-corrected chi connectivity index (χ1v) is 5.80. The molecule has 2 nitrogen and oxygen atoms in total. The number of nitrogens with one attached hydrogen (secondary N) is 1. The summed E-state index contributed by atoms with van der Waals surface area (Å²) in [5.41, 5.74) is -0.733. The second-order valence-corrected chi connectivity index (χ2v) is 4.70. The van der Waals surface area contributed by atoms with Gasteiger partial charge in [-0.25, -0.2) is 0 Å². The molecule has 0 radical (unpaired) electrons. The number of carbonyl (C=O) groups is 1. The van der Waals surface area contributed by atoms with E-state index in [2.05, 4.69) is 5.32 Å². The lowest BCUT2D eigenvalue weighted by Crippen LogP contribution is -2.50. The minimum Gasteiger partial charge on any atom is -0.347 e. The Morgan fingerprint density at radius 2 is 2.00 bits per heavy atom. The van der Waals surface area contributed by atoms with Crippen LogP contribution in [0.1, 0.15) is 37.3 Å². The average Bonchev–Trinajstić information content (AvgIpc) is 2.22. The van der Waals surface area contributed by atoms with E-state index in [0.717, 1.165) is 18.6 Å². The van der Waals surface area contributed by atoms with Crippen LogP contribution in [0.5, 0.6) is 0 Å². The van der Waals surface area contributed by atoms with Crippen molar-refractivity contribution in [3.05, 3.63) is 35.4 Å². The third-order valence-electron chi connectivity index (χ3n) is 3.36. The van der Waals surface area contributed by atoms with Gasteiger partial charge in [0.1, 0.15) is 0 Å². The molecule has 0 spiro atoms. The van der Waals surface area contributed by atoms with Gasteiger partial charge < -0.3 is 5.32 Å². The van der Waals surface area contributed by atoms with E-state index in [-0.39, 0.29) is 5.91 Å². The lowest BCUT2D eigenvalue weighted by molar-refractivity contribution is -0.137. The summed E-state index contributed by atoms with van der Waals surface area (Å²) in [4.78, 5) is 11.2. The lowest BCUT2D eigenvalue weighted by Gasteiger charge is -2.43. The van der Waals surface area contributed by atoms with Crippen molar-refractivity contribution in [3.63, 3.8) is 0 Å². The summed E-state index contributed by atoms with van der Waals surface area (Å²) >= 11 is 0. The average molecular weight is 257 g/mol. The summed E-state index contributed by atoms with van der Waals surface area (Å²) in [5.74, 6) is -0.216. The van der Waals surface area contributed by atoms with Crippen LogP contribution < -0.4 is 5.32 Å². The summed E-state index contributed by atoms with van der Waals surface area (Å²) in [6.45, 7) is 1.38. The van der Waals surface area contributed by atoms with E-state index in [4.69, 9.17) is 0 Å². The summed E-state index contributed by atoms with van der Waals surface area (Å²) < 4.78 is 38.0. The van der Waals surface area contributed by atoms with E-state index in [1.54, 1.807) is 6.07 Å². The Labute approximate surface area is 103 Å². The number of benzene rings is 1. The van der Waals surface area contributed by atoms with Crippen molar-refractivity contribution in [2.24, 2.45) is 0 Å². The van der Waals surface area contributed by atoms with Gasteiger partial charge in [0.05, 0.1) is 11.1 Å². The Hall–Kier alpha value is -1.52. The molecule has 1 fully saturated rings. The predicted octanol–water partition coefficient (Wildman–Crippen LogP) is 3.22. The molecule has 5 heteroatoms. The second-order valence-electron chi connectivity index (χ2n) is 4.70. The summed E-state index contributed by atoms with van der Waals surface area (Å²) in [6, 6.07) is 5.21. The van der Waals surface area contributed by atoms with Gasteiger partial charge in [-0.1, -0.05) is 12.1 Å².